The van der Waals surface area contributed by atoms with Gasteiger partial charge in [0, 0.05) is 38.7 Å². The third-order valence-corrected chi connectivity index (χ3v) is 3.55. The molecule has 0 amide bonds. The Kier molecular flexibility index (Phi) is 6.28. The maximum atomic E-state index is 5.37. The molecule has 0 fully saturated rings. The largest absolute Gasteiger partial charge is 0.382 e. The highest BCUT2D eigenvalue weighted by Crippen LogP contribution is 2.09. The van der Waals surface area contributed by atoms with Crippen LogP contribution in [0.15, 0.2) is 36.7 Å². The first-order valence-corrected chi connectivity index (χ1v) is 7.68. The van der Waals surface area contributed by atoms with E-state index in [9.17, 15) is 0 Å². The molecule has 0 aliphatic carbocycles. The molecule has 114 valence electrons. The molecule has 21 heavy (non-hydrogen) atoms. The van der Waals surface area contributed by atoms with Crippen LogP contribution in [0.3, 0.4) is 0 Å². The molecular weight excluding hydrogens is 262 g/mol. The van der Waals surface area contributed by atoms with Crippen molar-refractivity contribution < 1.29 is 4.74 Å². The van der Waals surface area contributed by atoms with Crippen LogP contribution in [-0.2, 0) is 17.7 Å². The highest BCUT2D eigenvalue weighted by Gasteiger charge is 2.02. The number of nitrogens with one attached hydrogen (secondary N) is 1. The van der Waals surface area contributed by atoms with E-state index in [1.807, 2.05) is 19.3 Å². The van der Waals surface area contributed by atoms with Gasteiger partial charge in [0.25, 0.3) is 0 Å². The SMILES string of the molecule is CCOCCCn1ccnc1NCCc1ccccc1C. The van der Waals surface area contributed by atoms with Crippen molar-refractivity contribution in [2.24, 2.45) is 0 Å². The lowest BCUT2D eigenvalue weighted by Gasteiger charge is -2.10. The molecule has 0 saturated carbocycles. The molecule has 1 heterocycles. The highest BCUT2D eigenvalue weighted by atomic mass is 16.5. The number of hydrogen-bond donors (Lipinski definition) is 1. The third kappa shape index (κ3) is 4.90. The lowest BCUT2D eigenvalue weighted by Crippen LogP contribution is -2.12. The van der Waals surface area contributed by atoms with Crippen molar-refractivity contribution in [3.63, 3.8) is 0 Å². The van der Waals surface area contributed by atoms with Gasteiger partial charge in [-0.15, -0.1) is 0 Å². The van der Waals surface area contributed by atoms with Gasteiger partial charge in [-0.1, -0.05) is 24.3 Å². The first kappa shape index (κ1) is 15.6. The first-order valence-electron chi connectivity index (χ1n) is 7.68. The van der Waals surface area contributed by atoms with E-state index in [0.29, 0.717) is 0 Å². The first-order chi connectivity index (χ1) is 10.3. The van der Waals surface area contributed by atoms with Crippen LogP contribution in [0, 0.1) is 6.92 Å². The van der Waals surface area contributed by atoms with E-state index in [1.165, 1.54) is 11.1 Å². The highest BCUT2D eigenvalue weighted by molar-refractivity contribution is 5.29. The number of imidazole rings is 1. The molecule has 0 aliphatic rings. The van der Waals surface area contributed by atoms with Crippen molar-refractivity contribution in [2.75, 3.05) is 25.1 Å². The van der Waals surface area contributed by atoms with Crippen LogP contribution >= 0.6 is 0 Å². The number of ether oxygens (including phenoxy) is 1. The molecule has 0 saturated heterocycles. The number of benzene rings is 1. The van der Waals surface area contributed by atoms with Crippen LogP contribution in [0.25, 0.3) is 0 Å². The van der Waals surface area contributed by atoms with Gasteiger partial charge in [0.05, 0.1) is 0 Å². The molecule has 0 spiro atoms. The lowest BCUT2D eigenvalue weighted by atomic mass is 10.1. The van der Waals surface area contributed by atoms with Crippen molar-refractivity contribution in [3.8, 4) is 0 Å². The number of aryl methyl sites for hydroxylation is 2. The van der Waals surface area contributed by atoms with E-state index < -0.39 is 0 Å². The minimum absolute atomic E-state index is 0.783. The number of hydrogen-bond acceptors (Lipinski definition) is 3. The smallest absolute Gasteiger partial charge is 0.202 e. The Morgan fingerprint density at radius 2 is 2.14 bits per heavy atom. The fourth-order valence-electron chi connectivity index (χ4n) is 2.34. The van der Waals surface area contributed by atoms with E-state index in [1.54, 1.807) is 0 Å². The van der Waals surface area contributed by atoms with Gasteiger partial charge in [0.15, 0.2) is 0 Å². The van der Waals surface area contributed by atoms with E-state index >= 15 is 0 Å². The Bertz CT molecular complexity index is 536. The number of aromatic nitrogens is 2. The van der Waals surface area contributed by atoms with Gasteiger partial charge in [0.1, 0.15) is 0 Å². The van der Waals surface area contributed by atoms with Gasteiger partial charge in [-0.05, 0) is 37.8 Å². The number of anilines is 1. The van der Waals surface area contributed by atoms with Crippen molar-refractivity contribution >= 4 is 5.95 Å². The molecular formula is C17H25N3O. The topological polar surface area (TPSA) is 39.1 Å². The molecule has 1 aromatic carbocycles. The van der Waals surface area contributed by atoms with Gasteiger partial charge in [-0.3, -0.25) is 0 Å². The molecule has 2 rings (SSSR count). The van der Waals surface area contributed by atoms with E-state index in [2.05, 4.69) is 46.1 Å². The maximum absolute atomic E-state index is 5.37. The molecule has 4 nitrogen and oxygen atoms in total. The Hall–Kier alpha value is -1.81. The predicted octanol–water partition coefficient (Wildman–Crippen LogP) is 3.27. The van der Waals surface area contributed by atoms with E-state index in [0.717, 1.165) is 45.1 Å². The van der Waals surface area contributed by atoms with Gasteiger partial charge in [-0.2, -0.15) is 0 Å². The molecule has 1 N–H and O–H groups in total. The summed E-state index contributed by atoms with van der Waals surface area (Å²) in [5, 5.41) is 3.42. The second-order valence-corrected chi connectivity index (χ2v) is 5.10. The fraction of sp³-hybridized carbons (Fsp3) is 0.471. The van der Waals surface area contributed by atoms with Crippen molar-refractivity contribution in [1.29, 1.82) is 0 Å². The second-order valence-electron chi connectivity index (χ2n) is 5.10. The molecule has 0 radical (unpaired) electrons. The van der Waals surface area contributed by atoms with E-state index in [4.69, 9.17) is 4.74 Å². The summed E-state index contributed by atoms with van der Waals surface area (Å²) in [5.41, 5.74) is 2.74. The monoisotopic (exact) mass is 287 g/mol. The molecule has 0 atom stereocenters. The molecule has 0 unspecified atom stereocenters. The van der Waals surface area contributed by atoms with Crippen LogP contribution in [0.1, 0.15) is 24.5 Å². The fourth-order valence-corrected chi connectivity index (χ4v) is 2.34. The molecule has 0 bridgehead atoms. The van der Waals surface area contributed by atoms with Crippen LogP contribution in [0.4, 0.5) is 5.95 Å². The van der Waals surface area contributed by atoms with Crippen molar-refractivity contribution in [2.45, 2.75) is 33.2 Å². The summed E-state index contributed by atoms with van der Waals surface area (Å²) in [4.78, 5) is 4.38. The second kappa shape index (κ2) is 8.47. The third-order valence-electron chi connectivity index (χ3n) is 3.55. The predicted molar refractivity (Wildman–Crippen MR) is 86.7 cm³/mol. The summed E-state index contributed by atoms with van der Waals surface area (Å²) >= 11 is 0. The van der Waals surface area contributed by atoms with Gasteiger partial charge >= 0.3 is 0 Å². The Morgan fingerprint density at radius 1 is 1.29 bits per heavy atom. The minimum atomic E-state index is 0.783. The summed E-state index contributed by atoms with van der Waals surface area (Å²) in [6.45, 7) is 7.60. The Labute approximate surface area is 127 Å². The summed E-state index contributed by atoms with van der Waals surface area (Å²) in [7, 11) is 0. The van der Waals surface area contributed by atoms with Crippen molar-refractivity contribution in [1.82, 2.24) is 9.55 Å². The van der Waals surface area contributed by atoms with E-state index in [-0.39, 0.29) is 0 Å². The molecule has 0 aliphatic heterocycles. The average molecular weight is 287 g/mol. The van der Waals surface area contributed by atoms with Gasteiger partial charge in [0.2, 0.25) is 5.95 Å². The molecule has 4 heteroatoms. The summed E-state index contributed by atoms with van der Waals surface area (Å²) in [6, 6.07) is 8.52. The zero-order valence-electron chi connectivity index (χ0n) is 13.0. The zero-order valence-corrected chi connectivity index (χ0v) is 13.0. The normalized spacial score (nSPS) is 10.8. The Morgan fingerprint density at radius 3 is 2.95 bits per heavy atom. The Balaban J connectivity index is 1.78. The average Bonchev–Trinajstić information content (AvgIpc) is 2.93. The lowest BCUT2D eigenvalue weighted by molar-refractivity contribution is 0.142. The minimum Gasteiger partial charge on any atom is -0.382 e. The summed E-state index contributed by atoms with van der Waals surface area (Å²) < 4.78 is 7.52. The van der Waals surface area contributed by atoms with Crippen LogP contribution in [-0.4, -0.2) is 29.3 Å². The molecule has 2 aromatic rings. The summed E-state index contributed by atoms with van der Waals surface area (Å²) in [6.07, 6.45) is 5.88. The van der Waals surface area contributed by atoms with Crippen LogP contribution in [0.5, 0.6) is 0 Å². The van der Waals surface area contributed by atoms with Crippen LogP contribution < -0.4 is 5.32 Å². The standard InChI is InChI=1S/C17H25N3O/c1-3-21-14-6-12-20-13-11-19-17(20)18-10-9-16-8-5-4-7-15(16)2/h4-5,7-8,11,13H,3,6,9-10,12,14H2,1-2H3,(H,18,19). The zero-order chi connectivity index (χ0) is 14.9. The van der Waals surface area contributed by atoms with Crippen LogP contribution in [0.2, 0.25) is 0 Å². The van der Waals surface area contributed by atoms with Gasteiger partial charge in [-0.25, -0.2) is 4.98 Å². The summed E-state index contributed by atoms with van der Waals surface area (Å²) in [5.74, 6) is 0.945. The number of rotatable bonds is 9. The van der Waals surface area contributed by atoms with Gasteiger partial charge < -0.3 is 14.6 Å². The maximum Gasteiger partial charge on any atom is 0.202 e. The quantitative estimate of drug-likeness (QED) is 0.719. The number of nitrogens with zero attached hydrogens (tertiary/aromatic N) is 2. The molecule has 1 aromatic heterocycles. The van der Waals surface area contributed by atoms with Crippen molar-refractivity contribution in [3.05, 3.63) is 47.8 Å².